The van der Waals surface area contributed by atoms with Crippen LogP contribution in [-0.2, 0) is 4.79 Å². The summed E-state index contributed by atoms with van der Waals surface area (Å²) in [6.07, 6.45) is 0.306. The van der Waals surface area contributed by atoms with E-state index in [2.05, 4.69) is 0 Å². The molecule has 1 aliphatic heterocycles. The summed E-state index contributed by atoms with van der Waals surface area (Å²) >= 11 is 0. The van der Waals surface area contributed by atoms with Crippen LogP contribution in [0.15, 0.2) is 48.5 Å². The number of hydrogen-bond donors (Lipinski definition) is 1. The first-order valence-electron chi connectivity index (χ1n) is 5.83. The summed E-state index contributed by atoms with van der Waals surface area (Å²) in [4.78, 5) is 11.6. The topological polar surface area (TPSA) is 46.5 Å². The lowest BCUT2D eigenvalue weighted by Gasteiger charge is -2.25. The number of phenols is 1. The van der Waals surface area contributed by atoms with Crippen molar-refractivity contribution in [1.29, 1.82) is 0 Å². The molecule has 0 fully saturated rings. The smallest absolute Gasteiger partial charge is 0.312 e. The zero-order valence-corrected chi connectivity index (χ0v) is 9.67. The molecule has 1 heterocycles. The Kier molecular flexibility index (Phi) is 2.52. The van der Waals surface area contributed by atoms with Gasteiger partial charge in [0, 0.05) is 11.5 Å². The average molecular weight is 240 g/mol. The van der Waals surface area contributed by atoms with E-state index in [1.807, 2.05) is 36.4 Å². The predicted molar refractivity (Wildman–Crippen MR) is 66.6 cm³/mol. The van der Waals surface area contributed by atoms with Crippen LogP contribution in [0, 0.1) is 0 Å². The van der Waals surface area contributed by atoms with Crippen LogP contribution < -0.4 is 4.74 Å². The van der Waals surface area contributed by atoms with E-state index < -0.39 is 0 Å². The molecule has 90 valence electrons. The monoisotopic (exact) mass is 240 g/mol. The maximum atomic E-state index is 11.6. The van der Waals surface area contributed by atoms with Gasteiger partial charge in [0.2, 0.25) is 0 Å². The van der Waals surface area contributed by atoms with Crippen LogP contribution in [-0.4, -0.2) is 11.1 Å². The van der Waals surface area contributed by atoms with Crippen LogP contribution in [0.3, 0.4) is 0 Å². The Balaban J connectivity index is 2.14. The summed E-state index contributed by atoms with van der Waals surface area (Å²) in [7, 11) is 0. The Hall–Kier alpha value is -2.29. The molecule has 1 aliphatic rings. The molecule has 0 unspecified atom stereocenters. The van der Waals surface area contributed by atoms with Gasteiger partial charge in [0.1, 0.15) is 0 Å². The number of carbonyl (C=O) groups is 1. The van der Waals surface area contributed by atoms with Crippen molar-refractivity contribution in [3.05, 3.63) is 59.7 Å². The number of carbonyl (C=O) groups excluding carboxylic acids is 1. The van der Waals surface area contributed by atoms with Crippen LogP contribution in [0.25, 0.3) is 0 Å². The number of hydrogen-bond acceptors (Lipinski definition) is 3. The molecule has 0 amide bonds. The van der Waals surface area contributed by atoms with Gasteiger partial charge in [0.15, 0.2) is 11.5 Å². The molecule has 0 spiro atoms. The lowest BCUT2D eigenvalue weighted by molar-refractivity contribution is -0.135. The van der Waals surface area contributed by atoms with Crippen LogP contribution in [0.2, 0.25) is 0 Å². The van der Waals surface area contributed by atoms with Gasteiger partial charge in [0.05, 0.1) is 6.42 Å². The minimum absolute atomic E-state index is 0.0153. The second-order valence-electron chi connectivity index (χ2n) is 4.34. The van der Waals surface area contributed by atoms with Gasteiger partial charge in [-0.05, 0) is 11.6 Å². The lowest BCUT2D eigenvalue weighted by atomic mass is 9.86. The highest BCUT2D eigenvalue weighted by Gasteiger charge is 2.29. The molecule has 0 aromatic heterocycles. The standard InChI is InChI=1S/C15H12O3/c16-13-8-4-7-11-12(9-14(17)18-15(11)13)10-5-2-1-3-6-10/h1-8,12,16H,9H2/t12-/m0/s1. The van der Waals surface area contributed by atoms with Gasteiger partial charge in [-0.15, -0.1) is 0 Å². The van der Waals surface area contributed by atoms with E-state index in [1.54, 1.807) is 6.07 Å². The molecule has 3 rings (SSSR count). The van der Waals surface area contributed by atoms with Crippen molar-refractivity contribution in [2.75, 3.05) is 0 Å². The molecule has 0 saturated heterocycles. The Morgan fingerprint density at radius 1 is 1.06 bits per heavy atom. The van der Waals surface area contributed by atoms with Gasteiger partial charge < -0.3 is 9.84 Å². The first-order chi connectivity index (χ1) is 8.75. The fourth-order valence-electron chi connectivity index (χ4n) is 2.34. The van der Waals surface area contributed by atoms with Gasteiger partial charge in [-0.1, -0.05) is 42.5 Å². The first-order valence-corrected chi connectivity index (χ1v) is 5.83. The normalized spacial score (nSPS) is 18.0. The maximum Gasteiger partial charge on any atom is 0.312 e. The van der Waals surface area contributed by atoms with Crippen molar-refractivity contribution >= 4 is 5.97 Å². The molecule has 2 aromatic carbocycles. The first kappa shape index (κ1) is 10.8. The molecule has 0 radical (unpaired) electrons. The molecular weight excluding hydrogens is 228 g/mol. The third-order valence-corrected chi connectivity index (χ3v) is 3.19. The predicted octanol–water partition coefficient (Wildman–Crippen LogP) is 2.83. The molecule has 0 aliphatic carbocycles. The Bertz CT molecular complexity index is 590. The number of phenolic OH excluding ortho intramolecular Hbond substituents is 1. The fraction of sp³-hybridized carbons (Fsp3) is 0.133. The van der Waals surface area contributed by atoms with Gasteiger partial charge >= 0.3 is 5.97 Å². The molecule has 1 N–H and O–H groups in total. The van der Waals surface area contributed by atoms with Gasteiger partial charge in [-0.3, -0.25) is 4.79 Å². The molecule has 0 bridgehead atoms. The number of fused-ring (bicyclic) bond motifs is 1. The summed E-state index contributed by atoms with van der Waals surface area (Å²) in [5.74, 6) is -0.0449. The lowest BCUT2D eigenvalue weighted by Crippen LogP contribution is -2.20. The Labute approximate surface area is 105 Å². The van der Waals surface area contributed by atoms with Crippen molar-refractivity contribution in [1.82, 2.24) is 0 Å². The number of ether oxygens (including phenoxy) is 1. The molecule has 3 heteroatoms. The number of benzene rings is 2. The summed E-state index contributed by atoms with van der Waals surface area (Å²) < 4.78 is 5.13. The molecule has 3 nitrogen and oxygen atoms in total. The average Bonchev–Trinajstić information content (AvgIpc) is 2.40. The van der Waals surface area contributed by atoms with Crippen LogP contribution >= 0.6 is 0 Å². The molecule has 2 aromatic rings. The highest BCUT2D eigenvalue weighted by Crippen LogP contribution is 2.42. The van der Waals surface area contributed by atoms with Gasteiger partial charge in [-0.25, -0.2) is 0 Å². The zero-order chi connectivity index (χ0) is 12.5. The molecule has 18 heavy (non-hydrogen) atoms. The third kappa shape index (κ3) is 1.74. The van der Waals surface area contributed by atoms with Crippen LogP contribution in [0.5, 0.6) is 11.5 Å². The van der Waals surface area contributed by atoms with Crippen molar-refractivity contribution in [3.8, 4) is 11.5 Å². The maximum absolute atomic E-state index is 11.6. The quantitative estimate of drug-likeness (QED) is 0.616. The summed E-state index contributed by atoms with van der Waals surface area (Å²) in [5.41, 5.74) is 1.92. The van der Waals surface area contributed by atoms with Gasteiger partial charge in [0.25, 0.3) is 0 Å². The Morgan fingerprint density at radius 3 is 2.61 bits per heavy atom. The number of para-hydroxylation sites is 1. The highest BCUT2D eigenvalue weighted by molar-refractivity contribution is 5.78. The minimum atomic E-state index is -0.308. The largest absolute Gasteiger partial charge is 0.504 e. The van der Waals surface area contributed by atoms with E-state index in [1.165, 1.54) is 6.07 Å². The third-order valence-electron chi connectivity index (χ3n) is 3.19. The SMILES string of the molecule is O=C1C[C@@H](c2ccccc2)c2cccc(O)c2O1. The van der Waals surface area contributed by atoms with E-state index in [0.717, 1.165) is 11.1 Å². The van der Waals surface area contributed by atoms with Crippen LogP contribution in [0.4, 0.5) is 0 Å². The molecular formula is C15H12O3. The number of esters is 1. The summed E-state index contributed by atoms with van der Waals surface area (Å²) in [5, 5.41) is 9.76. The Morgan fingerprint density at radius 2 is 1.83 bits per heavy atom. The second kappa shape index (κ2) is 4.18. The van der Waals surface area contributed by atoms with Crippen molar-refractivity contribution < 1.29 is 14.6 Å². The second-order valence-corrected chi connectivity index (χ2v) is 4.34. The summed E-state index contributed by atoms with van der Waals surface area (Å²) in [6, 6.07) is 15.0. The zero-order valence-electron chi connectivity index (χ0n) is 9.67. The highest BCUT2D eigenvalue weighted by atomic mass is 16.5. The molecule has 0 saturated carbocycles. The van der Waals surface area contributed by atoms with Crippen molar-refractivity contribution in [2.24, 2.45) is 0 Å². The van der Waals surface area contributed by atoms with E-state index in [0.29, 0.717) is 12.2 Å². The van der Waals surface area contributed by atoms with Crippen LogP contribution in [0.1, 0.15) is 23.5 Å². The van der Waals surface area contributed by atoms with E-state index in [-0.39, 0.29) is 17.6 Å². The van der Waals surface area contributed by atoms with Crippen molar-refractivity contribution in [2.45, 2.75) is 12.3 Å². The van der Waals surface area contributed by atoms with E-state index in [4.69, 9.17) is 4.74 Å². The fourth-order valence-corrected chi connectivity index (χ4v) is 2.34. The summed E-state index contributed by atoms with van der Waals surface area (Å²) in [6.45, 7) is 0. The number of rotatable bonds is 1. The minimum Gasteiger partial charge on any atom is -0.504 e. The molecule has 1 atom stereocenters. The van der Waals surface area contributed by atoms with Crippen molar-refractivity contribution in [3.63, 3.8) is 0 Å². The number of aromatic hydroxyl groups is 1. The van der Waals surface area contributed by atoms with E-state index >= 15 is 0 Å². The van der Waals surface area contributed by atoms with Gasteiger partial charge in [-0.2, -0.15) is 0 Å². The van der Waals surface area contributed by atoms with E-state index in [9.17, 15) is 9.90 Å².